The van der Waals surface area contributed by atoms with Crippen LogP contribution in [0.1, 0.15) is 27.2 Å². The normalized spacial score (nSPS) is 13.5. The second kappa shape index (κ2) is 5.33. The first-order valence-corrected chi connectivity index (χ1v) is 4.07. The molecule has 1 unspecified atom stereocenters. The summed E-state index contributed by atoms with van der Waals surface area (Å²) in [6, 6.07) is 0. The Kier molecular flexibility index (Phi) is 5.16. The van der Waals surface area contributed by atoms with Crippen molar-refractivity contribution in [2.24, 2.45) is 17.7 Å². The highest BCUT2D eigenvalue weighted by molar-refractivity contribution is 4.99. The van der Waals surface area contributed by atoms with Crippen molar-refractivity contribution < 1.29 is 4.84 Å². The predicted octanol–water partition coefficient (Wildman–Crippen LogP) is 2.12. The van der Waals surface area contributed by atoms with Gasteiger partial charge in [-0.3, -0.25) is 0 Å². The summed E-state index contributed by atoms with van der Waals surface area (Å²) >= 11 is 0. The zero-order chi connectivity index (χ0) is 8.85. The van der Waals surface area contributed by atoms with E-state index < -0.39 is 0 Å². The number of nitrogens with two attached hydrogens (primary N) is 1. The molecule has 2 heteroatoms. The second-order valence-corrected chi connectivity index (χ2v) is 3.50. The van der Waals surface area contributed by atoms with Gasteiger partial charge >= 0.3 is 0 Å². The van der Waals surface area contributed by atoms with Crippen LogP contribution in [-0.4, -0.2) is 6.61 Å². The summed E-state index contributed by atoms with van der Waals surface area (Å²) < 4.78 is 0. The largest absolute Gasteiger partial charge is 0.300 e. The van der Waals surface area contributed by atoms with Crippen molar-refractivity contribution in [3.63, 3.8) is 0 Å². The number of rotatable bonds is 5. The van der Waals surface area contributed by atoms with Gasteiger partial charge in [0.2, 0.25) is 0 Å². The molecule has 0 spiro atoms. The predicted molar refractivity (Wildman–Crippen MR) is 47.9 cm³/mol. The van der Waals surface area contributed by atoms with E-state index >= 15 is 0 Å². The van der Waals surface area contributed by atoms with E-state index in [2.05, 4.69) is 32.2 Å². The Morgan fingerprint density at radius 3 is 2.36 bits per heavy atom. The van der Waals surface area contributed by atoms with E-state index in [1.165, 1.54) is 0 Å². The van der Waals surface area contributed by atoms with Gasteiger partial charge in [-0.25, -0.2) is 5.90 Å². The first kappa shape index (κ1) is 10.7. The summed E-state index contributed by atoms with van der Waals surface area (Å²) in [4.78, 5) is 4.51. The van der Waals surface area contributed by atoms with Gasteiger partial charge in [-0.05, 0) is 23.8 Å². The molecule has 0 aromatic heterocycles. The summed E-state index contributed by atoms with van der Waals surface area (Å²) in [5.74, 6) is 6.16. The zero-order valence-electron chi connectivity index (χ0n) is 7.76. The van der Waals surface area contributed by atoms with Crippen LogP contribution >= 0.6 is 0 Å². The summed E-state index contributed by atoms with van der Waals surface area (Å²) in [6.07, 6.45) is 1.15. The highest BCUT2D eigenvalue weighted by Gasteiger charge is 2.08. The third kappa shape index (κ3) is 4.99. The van der Waals surface area contributed by atoms with E-state index in [1.807, 2.05) is 0 Å². The van der Waals surface area contributed by atoms with Crippen LogP contribution in [0.3, 0.4) is 0 Å². The molecule has 2 nitrogen and oxygen atoms in total. The quantitative estimate of drug-likeness (QED) is 0.490. The monoisotopic (exact) mass is 157 g/mol. The maximum Gasteiger partial charge on any atom is 0.0890 e. The molecule has 0 aliphatic rings. The van der Waals surface area contributed by atoms with Gasteiger partial charge in [0, 0.05) is 0 Å². The molecule has 2 N–H and O–H groups in total. The lowest BCUT2D eigenvalue weighted by atomic mass is 9.93. The fourth-order valence-electron chi connectivity index (χ4n) is 1.12. The van der Waals surface area contributed by atoms with Crippen molar-refractivity contribution in [2.75, 3.05) is 6.61 Å². The van der Waals surface area contributed by atoms with Gasteiger partial charge in [0.1, 0.15) is 0 Å². The van der Waals surface area contributed by atoms with Gasteiger partial charge in [0.05, 0.1) is 6.61 Å². The first-order valence-electron chi connectivity index (χ1n) is 4.07. The fraction of sp³-hybridized carbons (Fsp3) is 0.778. The van der Waals surface area contributed by atoms with Crippen LogP contribution in [0.2, 0.25) is 0 Å². The molecule has 0 heterocycles. The lowest BCUT2D eigenvalue weighted by Gasteiger charge is -2.15. The maximum atomic E-state index is 4.94. The van der Waals surface area contributed by atoms with Crippen molar-refractivity contribution in [3.05, 3.63) is 12.2 Å². The van der Waals surface area contributed by atoms with E-state index in [-0.39, 0.29) is 0 Å². The Hall–Kier alpha value is -0.340. The Bertz CT molecular complexity index is 121. The van der Waals surface area contributed by atoms with Crippen LogP contribution in [0, 0.1) is 11.8 Å². The lowest BCUT2D eigenvalue weighted by molar-refractivity contribution is 0.154. The van der Waals surface area contributed by atoms with Crippen molar-refractivity contribution in [3.8, 4) is 0 Å². The van der Waals surface area contributed by atoms with Crippen LogP contribution in [0.15, 0.2) is 12.2 Å². The topological polar surface area (TPSA) is 35.2 Å². The van der Waals surface area contributed by atoms with Gasteiger partial charge in [-0.2, -0.15) is 0 Å². The van der Waals surface area contributed by atoms with E-state index in [1.54, 1.807) is 0 Å². The van der Waals surface area contributed by atoms with Crippen molar-refractivity contribution in [1.29, 1.82) is 0 Å². The van der Waals surface area contributed by atoms with Crippen LogP contribution < -0.4 is 5.90 Å². The molecule has 0 saturated carbocycles. The smallest absolute Gasteiger partial charge is 0.0890 e. The minimum atomic E-state index is 0.480. The fourth-order valence-corrected chi connectivity index (χ4v) is 1.12. The summed E-state index contributed by atoms with van der Waals surface area (Å²) in [5, 5.41) is 0. The van der Waals surface area contributed by atoms with E-state index in [0.717, 1.165) is 12.0 Å². The third-order valence-corrected chi connectivity index (χ3v) is 1.79. The Labute approximate surface area is 69.4 Å². The molecule has 0 aliphatic carbocycles. The highest BCUT2D eigenvalue weighted by atomic mass is 16.6. The molecular weight excluding hydrogens is 138 g/mol. The minimum absolute atomic E-state index is 0.480. The molecule has 0 aromatic carbocycles. The van der Waals surface area contributed by atoms with Crippen LogP contribution in [-0.2, 0) is 4.84 Å². The van der Waals surface area contributed by atoms with Gasteiger partial charge in [0.15, 0.2) is 0 Å². The molecule has 11 heavy (non-hydrogen) atoms. The molecule has 0 radical (unpaired) electrons. The standard InChI is InChI=1S/C9H19NO/c1-7(2)5-8(3)9(4)6-11-10/h7-8H,4-6,10H2,1-3H3. The Morgan fingerprint density at radius 1 is 1.45 bits per heavy atom. The number of hydrogen-bond acceptors (Lipinski definition) is 2. The lowest BCUT2D eigenvalue weighted by Crippen LogP contribution is -2.10. The summed E-state index contributed by atoms with van der Waals surface area (Å²) in [6.45, 7) is 10.9. The Balaban J connectivity index is 3.64. The molecule has 0 saturated heterocycles. The SMILES string of the molecule is C=C(CON)C(C)CC(C)C. The Morgan fingerprint density at radius 2 is 2.00 bits per heavy atom. The van der Waals surface area contributed by atoms with E-state index in [4.69, 9.17) is 5.90 Å². The van der Waals surface area contributed by atoms with Gasteiger partial charge in [0.25, 0.3) is 0 Å². The van der Waals surface area contributed by atoms with E-state index in [0.29, 0.717) is 18.4 Å². The highest BCUT2D eigenvalue weighted by Crippen LogP contribution is 2.17. The maximum absolute atomic E-state index is 4.94. The molecule has 0 aliphatic heterocycles. The molecule has 0 aromatic rings. The molecule has 0 bridgehead atoms. The summed E-state index contributed by atoms with van der Waals surface area (Å²) in [5.41, 5.74) is 1.08. The molecule has 1 atom stereocenters. The average molecular weight is 157 g/mol. The summed E-state index contributed by atoms with van der Waals surface area (Å²) in [7, 11) is 0. The average Bonchev–Trinajstić information content (AvgIpc) is 1.86. The van der Waals surface area contributed by atoms with Gasteiger partial charge in [-0.15, -0.1) is 0 Å². The minimum Gasteiger partial charge on any atom is -0.300 e. The number of hydrogen-bond donors (Lipinski definition) is 1. The van der Waals surface area contributed by atoms with Crippen LogP contribution in [0.25, 0.3) is 0 Å². The van der Waals surface area contributed by atoms with Gasteiger partial charge < -0.3 is 4.84 Å². The van der Waals surface area contributed by atoms with Crippen molar-refractivity contribution in [2.45, 2.75) is 27.2 Å². The van der Waals surface area contributed by atoms with Crippen LogP contribution in [0.5, 0.6) is 0 Å². The van der Waals surface area contributed by atoms with Crippen molar-refractivity contribution >= 4 is 0 Å². The molecule has 0 rings (SSSR count). The van der Waals surface area contributed by atoms with Crippen molar-refractivity contribution in [1.82, 2.24) is 0 Å². The van der Waals surface area contributed by atoms with Gasteiger partial charge in [-0.1, -0.05) is 27.4 Å². The first-order chi connectivity index (χ1) is 5.07. The molecule has 66 valence electrons. The van der Waals surface area contributed by atoms with E-state index in [9.17, 15) is 0 Å². The molecule has 0 fully saturated rings. The molecular formula is C9H19NO. The molecule has 0 amide bonds. The zero-order valence-corrected chi connectivity index (χ0v) is 7.76. The third-order valence-electron chi connectivity index (χ3n) is 1.79. The second-order valence-electron chi connectivity index (χ2n) is 3.50. The van der Waals surface area contributed by atoms with Crippen LogP contribution in [0.4, 0.5) is 0 Å².